The van der Waals surface area contributed by atoms with Crippen LogP contribution in [-0.4, -0.2) is 43.5 Å². The maximum absolute atomic E-state index is 12.8. The lowest BCUT2D eigenvalue weighted by Gasteiger charge is -2.28. The van der Waals surface area contributed by atoms with E-state index in [4.69, 9.17) is 9.47 Å². The van der Waals surface area contributed by atoms with E-state index in [1.54, 1.807) is 26.0 Å². The summed E-state index contributed by atoms with van der Waals surface area (Å²) in [5, 5.41) is 2.62. The van der Waals surface area contributed by atoms with E-state index in [-0.39, 0.29) is 11.8 Å². The molecule has 2 aromatic carbocycles. The van der Waals surface area contributed by atoms with Gasteiger partial charge < -0.3 is 19.7 Å². The van der Waals surface area contributed by atoms with Gasteiger partial charge in [0, 0.05) is 20.0 Å². The van der Waals surface area contributed by atoms with Gasteiger partial charge in [-0.1, -0.05) is 30.3 Å². The highest BCUT2D eigenvalue weighted by Crippen LogP contribution is 2.16. The van der Waals surface area contributed by atoms with Crippen LogP contribution in [0.4, 0.5) is 0 Å². The number of likely N-dealkylation sites (N-methyl/N-ethyl adjacent to an activating group) is 1. The van der Waals surface area contributed by atoms with E-state index in [0.29, 0.717) is 26.0 Å². The van der Waals surface area contributed by atoms with Crippen molar-refractivity contribution in [3.05, 3.63) is 60.2 Å². The Morgan fingerprint density at radius 3 is 2.32 bits per heavy atom. The standard InChI is InChI=1S/C22H28N2O4/c1-17(22(26)23-2)24(16-18-11-13-19(27-3)14-12-18)21(25)10-7-15-28-20-8-5-4-6-9-20/h4-6,8-9,11-14,17H,7,10,15-16H2,1-3H3,(H,23,26)/t17-/m0/s1. The molecule has 0 spiro atoms. The summed E-state index contributed by atoms with van der Waals surface area (Å²) in [6, 6.07) is 16.4. The molecule has 28 heavy (non-hydrogen) atoms. The minimum atomic E-state index is -0.561. The van der Waals surface area contributed by atoms with Gasteiger partial charge in [-0.15, -0.1) is 0 Å². The number of amides is 2. The third kappa shape index (κ3) is 6.30. The molecule has 2 amide bonds. The molecule has 0 saturated carbocycles. The fourth-order valence-corrected chi connectivity index (χ4v) is 2.79. The number of ether oxygens (including phenoxy) is 2. The van der Waals surface area contributed by atoms with Crippen molar-refractivity contribution in [1.29, 1.82) is 0 Å². The van der Waals surface area contributed by atoms with E-state index in [0.717, 1.165) is 17.1 Å². The number of rotatable bonds is 10. The molecule has 0 aliphatic heterocycles. The molecule has 0 heterocycles. The molecule has 2 aromatic rings. The first kappa shape index (κ1) is 21.3. The average molecular weight is 384 g/mol. The van der Waals surface area contributed by atoms with Crippen molar-refractivity contribution in [2.45, 2.75) is 32.4 Å². The molecule has 0 fully saturated rings. The van der Waals surface area contributed by atoms with Crippen LogP contribution in [0.3, 0.4) is 0 Å². The Balaban J connectivity index is 1.96. The maximum Gasteiger partial charge on any atom is 0.242 e. The Morgan fingerprint density at radius 2 is 1.71 bits per heavy atom. The SMILES string of the molecule is CNC(=O)[C@H](C)N(Cc1ccc(OC)cc1)C(=O)CCCOc1ccccc1. The van der Waals surface area contributed by atoms with E-state index in [9.17, 15) is 9.59 Å². The summed E-state index contributed by atoms with van der Waals surface area (Å²) in [6.45, 7) is 2.54. The van der Waals surface area contributed by atoms with Crippen LogP contribution in [-0.2, 0) is 16.1 Å². The number of nitrogens with zero attached hydrogens (tertiary/aromatic N) is 1. The molecule has 0 aromatic heterocycles. The largest absolute Gasteiger partial charge is 0.497 e. The van der Waals surface area contributed by atoms with E-state index < -0.39 is 6.04 Å². The van der Waals surface area contributed by atoms with Gasteiger partial charge in [0.15, 0.2) is 0 Å². The van der Waals surface area contributed by atoms with Gasteiger partial charge in [-0.3, -0.25) is 9.59 Å². The number of hydrogen-bond donors (Lipinski definition) is 1. The quantitative estimate of drug-likeness (QED) is 0.640. The van der Waals surface area contributed by atoms with E-state index in [1.807, 2.05) is 54.6 Å². The van der Waals surface area contributed by atoms with Gasteiger partial charge in [0.05, 0.1) is 13.7 Å². The molecule has 6 nitrogen and oxygen atoms in total. The molecule has 0 aliphatic carbocycles. The van der Waals surface area contributed by atoms with Gasteiger partial charge in [0.2, 0.25) is 11.8 Å². The average Bonchev–Trinajstić information content (AvgIpc) is 2.75. The van der Waals surface area contributed by atoms with Crippen molar-refractivity contribution >= 4 is 11.8 Å². The van der Waals surface area contributed by atoms with E-state index in [1.165, 1.54) is 0 Å². The predicted octanol–water partition coefficient (Wildman–Crippen LogP) is 3.02. The highest BCUT2D eigenvalue weighted by Gasteiger charge is 2.25. The molecule has 0 bridgehead atoms. The lowest BCUT2D eigenvalue weighted by Crippen LogP contribution is -2.46. The number of para-hydroxylation sites is 1. The number of nitrogens with one attached hydrogen (secondary N) is 1. The third-order valence-electron chi connectivity index (χ3n) is 4.47. The lowest BCUT2D eigenvalue weighted by molar-refractivity contribution is -0.140. The van der Waals surface area contributed by atoms with Gasteiger partial charge in [0.1, 0.15) is 17.5 Å². The number of benzene rings is 2. The number of carbonyl (C=O) groups excluding carboxylic acids is 2. The predicted molar refractivity (Wildman–Crippen MR) is 108 cm³/mol. The number of methoxy groups -OCH3 is 1. The summed E-state index contributed by atoms with van der Waals surface area (Å²) in [7, 11) is 3.18. The Hall–Kier alpha value is -3.02. The molecule has 0 unspecified atom stereocenters. The Bertz CT molecular complexity index is 747. The Kier molecular flexibility index (Phi) is 8.34. The highest BCUT2D eigenvalue weighted by atomic mass is 16.5. The van der Waals surface area contributed by atoms with Crippen LogP contribution in [0.2, 0.25) is 0 Å². The van der Waals surface area contributed by atoms with Crippen molar-refractivity contribution in [3.8, 4) is 11.5 Å². The summed E-state index contributed by atoms with van der Waals surface area (Å²) < 4.78 is 10.8. The minimum Gasteiger partial charge on any atom is -0.497 e. The van der Waals surface area contributed by atoms with Gasteiger partial charge in [0.25, 0.3) is 0 Å². The summed E-state index contributed by atoms with van der Waals surface area (Å²) in [6.07, 6.45) is 0.887. The van der Waals surface area contributed by atoms with Crippen molar-refractivity contribution in [1.82, 2.24) is 10.2 Å². The summed E-state index contributed by atoms with van der Waals surface area (Å²) in [5.41, 5.74) is 0.936. The van der Waals surface area contributed by atoms with Crippen molar-refractivity contribution < 1.29 is 19.1 Å². The Labute approximate surface area is 166 Å². The maximum atomic E-state index is 12.8. The summed E-state index contributed by atoms with van der Waals surface area (Å²) in [5.74, 6) is 1.26. The van der Waals surface area contributed by atoms with Crippen LogP contribution in [0, 0.1) is 0 Å². The normalized spacial score (nSPS) is 11.4. The fourth-order valence-electron chi connectivity index (χ4n) is 2.79. The summed E-state index contributed by atoms with van der Waals surface area (Å²) >= 11 is 0. The van der Waals surface area contributed by atoms with E-state index in [2.05, 4.69) is 5.32 Å². The topological polar surface area (TPSA) is 67.9 Å². The van der Waals surface area contributed by atoms with Crippen LogP contribution in [0.1, 0.15) is 25.3 Å². The molecular weight excluding hydrogens is 356 g/mol. The summed E-state index contributed by atoms with van der Waals surface area (Å²) in [4.78, 5) is 26.5. The van der Waals surface area contributed by atoms with Crippen LogP contribution < -0.4 is 14.8 Å². The first-order valence-electron chi connectivity index (χ1n) is 9.37. The van der Waals surface area contributed by atoms with Gasteiger partial charge in [-0.05, 0) is 43.2 Å². The third-order valence-corrected chi connectivity index (χ3v) is 4.47. The molecule has 0 radical (unpaired) electrons. The first-order valence-corrected chi connectivity index (χ1v) is 9.37. The van der Waals surface area contributed by atoms with Crippen molar-refractivity contribution in [2.75, 3.05) is 20.8 Å². The monoisotopic (exact) mass is 384 g/mol. The second-order valence-electron chi connectivity index (χ2n) is 6.43. The van der Waals surface area contributed by atoms with E-state index >= 15 is 0 Å². The molecule has 1 atom stereocenters. The molecule has 0 saturated heterocycles. The van der Waals surface area contributed by atoms with Gasteiger partial charge in [-0.25, -0.2) is 0 Å². The van der Waals surface area contributed by atoms with Gasteiger partial charge >= 0.3 is 0 Å². The Morgan fingerprint density at radius 1 is 1.04 bits per heavy atom. The molecule has 1 N–H and O–H groups in total. The van der Waals surface area contributed by atoms with Crippen molar-refractivity contribution in [2.24, 2.45) is 0 Å². The molecule has 2 rings (SSSR count). The second-order valence-corrected chi connectivity index (χ2v) is 6.43. The molecule has 6 heteroatoms. The van der Waals surface area contributed by atoms with Crippen LogP contribution in [0.25, 0.3) is 0 Å². The van der Waals surface area contributed by atoms with Crippen molar-refractivity contribution in [3.63, 3.8) is 0 Å². The first-order chi connectivity index (χ1) is 13.5. The molecule has 0 aliphatic rings. The number of carbonyl (C=O) groups is 2. The smallest absolute Gasteiger partial charge is 0.242 e. The van der Waals surface area contributed by atoms with Crippen LogP contribution >= 0.6 is 0 Å². The zero-order chi connectivity index (χ0) is 20.4. The van der Waals surface area contributed by atoms with Crippen LogP contribution in [0.15, 0.2) is 54.6 Å². The molecular formula is C22H28N2O4. The highest BCUT2D eigenvalue weighted by molar-refractivity contribution is 5.87. The zero-order valence-electron chi connectivity index (χ0n) is 16.7. The number of hydrogen-bond acceptors (Lipinski definition) is 4. The lowest BCUT2D eigenvalue weighted by atomic mass is 10.1. The molecule has 150 valence electrons. The van der Waals surface area contributed by atoms with Gasteiger partial charge in [-0.2, -0.15) is 0 Å². The zero-order valence-corrected chi connectivity index (χ0v) is 16.7. The minimum absolute atomic E-state index is 0.0800. The second kappa shape index (κ2) is 11.0. The van der Waals surface area contributed by atoms with Crippen LogP contribution in [0.5, 0.6) is 11.5 Å². The fraction of sp³-hybridized carbons (Fsp3) is 0.364.